The molecule has 1 heterocycles. The summed E-state index contributed by atoms with van der Waals surface area (Å²) in [7, 11) is 0. The second-order valence-electron chi connectivity index (χ2n) is 4.98. The standard InChI is InChI=1S/C16H19ClFNO/c1-5-19-16(12-7-10(3)20-11(12)4)13-6-9(2)15(18)8-14(13)17/h6-8,16,19H,5H2,1-4H3. The molecule has 0 saturated heterocycles. The summed E-state index contributed by atoms with van der Waals surface area (Å²) in [5.74, 6) is 1.43. The lowest BCUT2D eigenvalue weighted by atomic mass is 9.97. The van der Waals surface area contributed by atoms with Gasteiger partial charge in [0.05, 0.1) is 6.04 Å². The van der Waals surface area contributed by atoms with Crippen molar-refractivity contribution in [1.82, 2.24) is 5.32 Å². The Labute approximate surface area is 123 Å². The molecule has 0 aliphatic heterocycles. The van der Waals surface area contributed by atoms with Crippen molar-refractivity contribution in [3.05, 3.63) is 57.2 Å². The van der Waals surface area contributed by atoms with E-state index in [1.807, 2.05) is 26.8 Å². The smallest absolute Gasteiger partial charge is 0.127 e. The largest absolute Gasteiger partial charge is 0.466 e. The van der Waals surface area contributed by atoms with Crippen molar-refractivity contribution in [1.29, 1.82) is 0 Å². The molecule has 1 aromatic carbocycles. The van der Waals surface area contributed by atoms with Gasteiger partial charge in [0.2, 0.25) is 0 Å². The van der Waals surface area contributed by atoms with E-state index in [1.165, 1.54) is 6.07 Å². The molecule has 1 aromatic heterocycles. The van der Waals surface area contributed by atoms with E-state index in [2.05, 4.69) is 5.32 Å². The fourth-order valence-electron chi connectivity index (χ4n) is 2.43. The van der Waals surface area contributed by atoms with Crippen molar-refractivity contribution in [3.8, 4) is 0 Å². The third kappa shape index (κ3) is 2.89. The molecule has 0 spiro atoms. The van der Waals surface area contributed by atoms with Gasteiger partial charge in [-0.3, -0.25) is 0 Å². The van der Waals surface area contributed by atoms with Crippen molar-refractivity contribution < 1.29 is 8.81 Å². The summed E-state index contributed by atoms with van der Waals surface area (Å²) >= 11 is 6.23. The Morgan fingerprint density at radius 2 is 1.90 bits per heavy atom. The van der Waals surface area contributed by atoms with Crippen LogP contribution in [0.5, 0.6) is 0 Å². The van der Waals surface area contributed by atoms with Gasteiger partial charge in [-0.1, -0.05) is 18.5 Å². The number of rotatable bonds is 4. The van der Waals surface area contributed by atoms with Crippen LogP contribution in [0.2, 0.25) is 5.02 Å². The van der Waals surface area contributed by atoms with Crippen LogP contribution in [0.25, 0.3) is 0 Å². The minimum absolute atomic E-state index is 0.0933. The molecule has 0 amide bonds. The predicted molar refractivity (Wildman–Crippen MR) is 79.8 cm³/mol. The first kappa shape index (κ1) is 15.1. The molecule has 0 radical (unpaired) electrons. The molecule has 2 rings (SSSR count). The molecule has 0 aliphatic rings. The van der Waals surface area contributed by atoms with Crippen LogP contribution in [-0.2, 0) is 0 Å². The van der Waals surface area contributed by atoms with Crippen molar-refractivity contribution in [2.45, 2.75) is 33.7 Å². The van der Waals surface area contributed by atoms with Crippen LogP contribution in [0.15, 0.2) is 22.6 Å². The molecule has 0 bridgehead atoms. The summed E-state index contributed by atoms with van der Waals surface area (Å²) in [4.78, 5) is 0. The maximum Gasteiger partial charge on any atom is 0.127 e. The van der Waals surface area contributed by atoms with Gasteiger partial charge in [-0.2, -0.15) is 0 Å². The van der Waals surface area contributed by atoms with E-state index in [1.54, 1.807) is 13.0 Å². The number of hydrogen-bond donors (Lipinski definition) is 1. The molecule has 0 aliphatic carbocycles. The Hall–Kier alpha value is -1.32. The molecule has 4 heteroatoms. The fourth-order valence-corrected chi connectivity index (χ4v) is 2.69. The highest BCUT2D eigenvalue weighted by atomic mass is 35.5. The predicted octanol–water partition coefficient (Wildman–Crippen LogP) is 4.70. The van der Waals surface area contributed by atoms with Crippen molar-refractivity contribution in [3.63, 3.8) is 0 Å². The van der Waals surface area contributed by atoms with Gasteiger partial charge in [0.1, 0.15) is 17.3 Å². The van der Waals surface area contributed by atoms with Crippen LogP contribution in [0, 0.1) is 26.6 Å². The first-order valence-corrected chi connectivity index (χ1v) is 7.07. The van der Waals surface area contributed by atoms with Gasteiger partial charge in [0.25, 0.3) is 0 Å². The molecule has 2 aromatic rings. The van der Waals surface area contributed by atoms with E-state index < -0.39 is 0 Å². The van der Waals surface area contributed by atoms with Crippen LogP contribution in [0.3, 0.4) is 0 Å². The van der Waals surface area contributed by atoms with Crippen LogP contribution >= 0.6 is 11.6 Å². The van der Waals surface area contributed by atoms with Gasteiger partial charge in [-0.15, -0.1) is 0 Å². The van der Waals surface area contributed by atoms with Gasteiger partial charge in [-0.25, -0.2) is 4.39 Å². The zero-order valence-electron chi connectivity index (χ0n) is 12.2. The SMILES string of the molecule is CCNC(c1cc(C)c(F)cc1Cl)c1cc(C)oc1C. The minimum atomic E-state index is -0.283. The van der Waals surface area contributed by atoms with E-state index in [0.29, 0.717) is 10.6 Å². The summed E-state index contributed by atoms with van der Waals surface area (Å²) < 4.78 is 19.2. The Morgan fingerprint density at radius 1 is 1.20 bits per heavy atom. The first-order chi connectivity index (χ1) is 9.43. The minimum Gasteiger partial charge on any atom is -0.466 e. The molecule has 1 atom stereocenters. The molecule has 20 heavy (non-hydrogen) atoms. The third-order valence-electron chi connectivity index (χ3n) is 3.39. The van der Waals surface area contributed by atoms with Gasteiger partial charge >= 0.3 is 0 Å². The molecular weight excluding hydrogens is 277 g/mol. The van der Waals surface area contributed by atoms with Crippen LogP contribution in [0.4, 0.5) is 4.39 Å². The average molecular weight is 296 g/mol. The highest BCUT2D eigenvalue weighted by molar-refractivity contribution is 6.31. The van der Waals surface area contributed by atoms with Crippen molar-refractivity contribution in [2.75, 3.05) is 6.54 Å². The van der Waals surface area contributed by atoms with Crippen molar-refractivity contribution in [2.24, 2.45) is 0 Å². The summed E-state index contributed by atoms with van der Waals surface area (Å²) in [6, 6.07) is 5.08. The van der Waals surface area contributed by atoms with Gasteiger partial charge in [0.15, 0.2) is 0 Å². The molecule has 2 nitrogen and oxygen atoms in total. The zero-order chi connectivity index (χ0) is 14.9. The van der Waals surface area contributed by atoms with Crippen LogP contribution in [0.1, 0.15) is 41.2 Å². The van der Waals surface area contributed by atoms with Gasteiger partial charge in [0, 0.05) is 10.6 Å². The number of furan rings is 1. The number of nitrogens with one attached hydrogen (secondary N) is 1. The molecule has 0 saturated carbocycles. The van der Waals surface area contributed by atoms with Crippen molar-refractivity contribution >= 4 is 11.6 Å². The Kier molecular flexibility index (Phi) is 4.51. The molecular formula is C16H19ClFNO. The fraction of sp³-hybridized carbons (Fsp3) is 0.375. The number of aryl methyl sites for hydroxylation is 3. The first-order valence-electron chi connectivity index (χ1n) is 6.69. The second-order valence-corrected chi connectivity index (χ2v) is 5.39. The van der Waals surface area contributed by atoms with E-state index in [-0.39, 0.29) is 11.9 Å². The molecule has 0 fully saturated rings. The monoisotopic (exact) mass is 295 g/mol. The summed E-state index contributed by atoms with van der Waals surface area (Å²) in [5.41, 5.74) is 2.50. The highest BCUT2D eigenvalue weighted by Crippen LogP contribution is 2.33. The number of halogens is 2. The highest BCUT2D eigenvalue weighted by Gasteiger charge is 2.21. The Bertz CT molecular complexity index is 621. The summed E-state index contributed by atoms with van der Waals surface area (Å²) in [5, 5.41) is 3.82. The summed E-state index contributed by atoms with van der Waals surface area (Å²) in [6.45, 7) is 8.39. The lowest BCUT2D eigenvalue weighted by molar-refractivity contribution is 0.495. The Balaban J connectivity index is 2.54. The molecule has 1 N–H and O–H groups in total. The lowest BCUT2D eigenvalue weighted by Gasteiger charge is -2.20. The van der Waals surface area contributed by atoms with Gasteiger partial charge < -0.3 is 9.73 Å². The maximum atomic E-state index is 13.6. The number of benzene rings is 1. The lowest BCUT2D eigenvalue weighted by Crippen LogP contribution is -2.22. The second kappa shape index (κ2) is 5.98. The van der Waals surface area contributed by atoms with E-state index in [9.17, 15) is 4.39 Å². The molecule has 108 valence electrons. The van der Waals surface area contributed by atoms with E-state index >= 15 is 0 Å². The zero-order valence-corrected chi connectivity index (χ0v) is 12.9. The number of hydrogen-bond acceptors (Lipinski definition) is 2. The summed E-state index contributed by atoms with van der Waals surface area (Å²) in [6.07, 6.45) is 0. The van der Waals surface area contributed by atoms with E-state index in [4.69, 9.17) is 16.0 Å². The Morgan fingerprint density at radius 3 is 2.45 bits per heavy atom. The van der Waals surface area contributed by atoms with E-state index in [0.717, 1.165) is 29.2 Å². The van der Waals surface area contributed by atoms with Gasteiger partial charge in [-0.05, 0) is 56.6 Å². The average Bonchev–Trinajstić information content (AvgIpc) is 2.70. The maximum absolute atomic E-state index is 13.6. The normalized spacial score (nSPS) is 12.7. The molecule has 1 unspecified atom stereocenters. The quantitative estimate of drug-likeness (QED) is 0.885. The van der Waals surface area contributed by atoms with Crippen LogP contribution in [-0.4, -0.2) is 6.54 Å². The van der Waals surface area contributed by atoms with Crippen LogP contribution < -0.4 is 5.32 Å². The topological polar surface area (TPSA) is 25.2 Å². The third-order valence-corrected chi connectivity index (χ3v) is 3.71.